The molecule has 1 nitrogen and oxygen atoms in total. The van der Waals surface area contributed by atoms with Crippen molar-refractivity contribution in [3.05, 3.63) is 33.3 Å². The SMILES string of the molecule is CC1(C)CC(NCc2ccc(Cl)c(Br)c2)CC(C)(C)C1. The third-order valence-electron chi connectivity index (χ3n) is 4.13. The van der Waals surface area contributed by atoms with Crippen LogP contribution in [0.2, 0.25) is 5.02 Å². The predicted molar refractivity (Wildman–Crippen MR) is 91.2 cm³/mol. The van der Waals surface area contributed by atoms with Crippen LogP contribution in [-0.4, -0.2) is 6.04 Å². The fraction of sp³-hybridized carbons (Fsp3) is 0.647. The highest BCUT2D eigenvalue weighted by Gasteiger charge is 2.38. The molecule has 0 radical (unpaired) electrons. The Morgan fingerprint density at radius 2 is 1.80 bits per heavy atom. The highest BCUT2D eigenvalue weighted by molar-refractivity contribution is 9.10. The van der Waals surface area contributed by atoms with Crippen LogP contribution in [0.3, 0.4) is 0 Å². The molecule has 0 saturated heterocycles. The Bertz CT molecular complexity index is 466. The molecule has 0 amide bonds. The van der Waals surface area contributed by atoms with Gasteiger partial charge in [-0.3, -0.25) is 0 Å². The first-order chi connectivity index (χ1) is 9.17. The summed E-state index contributed by atoms with van der Waals surface area (Å²) in [5, 5.41) is 4.50. The van der Waals surface area contributed by atoms with E-state index in [4.69, 9.17) is 11.6 Å². The zero-order valence-electron chi connectivity index (χ0n) is 12.9. The van der Waals surface area contributed by atoms with Gasteiger partial charge in [0.15, 0.2) is 0 Å². The lowest BCUT2D eigenvalue weighted by atomic mass is 9.63. The van der Waals surface area contributed by atoms with Gasteiger partial charge < -0.3 is 5.32 Å². The molecule has 1 aliphatic rings. The molecule has 0 bridgehead atoms. The molecule has 112 valence electrons. The molecule has 0 atom stereocenters. The van der Waals surface area contributed by atoms with Crippen molar-refractivity contribution in [1.29, 1.82) is 0 Å². The molecule has 2 rings (SSSR count). The Labute approximate surface area is 136 Å². The van der Waals surface area contributed by atoms with E-state index in [1.807, 2.05) is 6.07 Å². The van der Waals surface area contributed by atoms with Gasteiger partial charge in [-0.05, 0) is 63.7 Å². The second-order valence-electron chi connectivity index (χ2n) is 7.74. The molecular weight excluding hydrogens is 334 g/mol. The third-order valence-corrected chi connectivity index (χ3v) is 5.35. The smallest absolute Gasteiger partial charge is 0.0548 e. The highest BCUT2D eigenvalue weighted by Crippen LogP contribution is 2.45. The summed E-state index contributed by atoms with van der Waals surface area (Å²) >= 11 is 9.53. The van der Waals surface area contributed by atoms with Gasteiger partial charge >= 0.3 is 0 Å². The van der Waals surface area contributed by atoms with Crippen LogP contribution in [0.4, 0.5) is 0 Å². The summed E-state index contributed by atoms with van der Waals surface area (Å²) in [5.41, 5.74) is 2.14. The van der Waals surface area contributed by atoms with Crippen LogP contribution >= 0.6 is 27.5 Å². The van der Waals surface area contributed by atoms with Gasteiger partial charge in [-0.15, -0.1) is 0 Å². The maximum Gasteiger partial charge on any atom is 0.0548 e. The Hall–Kier alpha value is -0.0500. The molecular formula is C17H25BrClN. The van der Waals surface area contributed by atoms with Gasteiger partial charge in [-0.2, -0.15) is 0 Å². The number of hydrogen-bond acceptors (Lipinski definition) is 1. The van der Waals surface area contributed by atoms with Crippen molar-refractivity contribution in [2.45, 2.75) is 59.5 Å². The summed E-state index contributed by atoms with van der Waals surface area (Å²) in [5.74, 6) is 0. The summed E-state index contributed by atoms with van der Waals surface area (Å²) in [6.45, 7) is 10.5. The van der Waals surface area contributed by atoms with E-state index in [1.165, 1.54) is 24.8 Å². The Kier molecular flexibility index (Phi) is 4.88. The number of benzene rings is 1. The number of hydrogen-bond donors (Lipinski definition) is 1. The van der Waals surface area contributed by atoms with Crippen molar-refractivity contribution in [3.8, 4) is 0 Å². The summed E-state index contributed by atoms with van der Waals surface area (Å²) in [4.78, 5) is 0. The average molecular weight is 359 g/mol. The molecule has 0 aliphatic heterocycles. The molecule has 1 N–H and O–H groups in total. The molecule has 0 unspecified atom stereocenters. The van der Waals surface area contributed by atoms with Gasteiger partial charge in [0.1, 0.15) is 0 Å². The highest BCUT2D eigenvalue weighted by atomic mass is 79.9. The lowest BCUT2D eigenvalue weighted by Gasteiger charge is -2.45. The number of rotatable bonds is 3. The van der Waals surface area contributed by atoms with E-state index >= 15 is 0 Å². The Morgan fingerprint density at radius 3 is 2.35 bits per heavy atom. The summed E-state index contributed by atoms with van der Waals surface area (Å²) in [7, 11) is 0. The van der Waals surface area contributed by atoms with Gasteiger partial charge in [0.05, 0.1) is 5.02 Å². The maximum atomic E-state index is 6.04. The van der Waals surface area contributed by atoms with E-state index in [1.54, 1.807) is 0 Å². The van der Waals surface area contributed by atoms with Crippen molar-refractivity contribution < 1.29 is 0 Å². The summed E-state index contributed by atoms with van der Waals surface area (Å²) < 4.78 is 0.975. The monoisotopic (exact) mass is 357 g/mol. The minimum Gasteiger partial charge on any atom is -0.310 e. The van der Waals surface area contributed by atoms with E-state index in [0.29, 0.717) is 16.9 Å². The summed E-state index contributed by atoms with van der Waals surface area (Å²) in [6.07, 6.45) is 3.82. The molecule has 0 aromatic heterocycles. The minimum absolute atomic E-state index is 0.431. The Morgan fingerprint density at radius 1 is 1.20 bits per heavy atom. The second kappa shape index (κ2) is 5.98. The molecule has 1 aromatic rings. The fourth-order valence-electron chi connectivity index (χ4n) is 3.90. The average Bonchev–Trinajstić information content (AvgIpc) is 2.27. The molecule has 1 fully saturated rings. The zero-order chi connectivity index (χ0) is 15.0. The number of halogens is 2. The summed E-state index contributed by atoms with van der Waals surface area (Å²) in [6, 6.07) is 6.76. The van der Waals surface area contributed by atoms with E-state index in [-0.39, 0.29) is 0 Å². The van der Waals surface area contributed by atoms with E-state index in [9.17, 15) is 0 Å². The first-order valence-electron chi connectivity index (χ1n) is 7.34. The van der Waals surface area contributed by atoms with E-state index < -0.39 is 0 Å². The second-order valence-corrected chi connectivity index (χ2v) is 9.00. The van der Waals surface area contributed by atoms with Crippen LogP contribution in [0.25, 0.3) is 0 Å². The van der Waals surface area contributed by atoms with Crippen LogP contribution in [-0.2, 0) is 6.54 Å². The molecule has 1 aromatic carbocycles. The molecule has 0 spiro atoms. The zero-order valence-corrected chi connectivity index (χ0v) is 15.2. The largest absolute Gasteiger partial charge is 0.310 e. The quantitative estimate of drug-likeness (QED) is 0.720. The topological polar surface area (TPSA) is 12.0 Å². The molecule has 0 heterocycles. The minimum atomic E-state index is 0.431. The van der Waals surface area contributed by atoms with Gasteiger partial charge in [-0.25, -0.2) is 0 Å². The van der Waals surface area contributed by atoms with Crippen molar-refractivity contribution in [2.75, 3.05) is 0 Å². The lowest BCUT2D eigenvalue weighted by molar-refractivity contribution is 0.0845. The normalized spacial score (nSPS) is 21.9. The maximum absolute atomic E-state index is 6.04. The molecule has 3 heteroatoms. The van der Waals surface area contributed by atoms with Crippen LogP contribution in [0.5, 0.6) is 0 Å². The van der Waals surface area contributed by atoms with Gasteiger partial charge in [0, 0.05) is 17.1 Å². The van der Waals surface area contributed by atoms with Crippen LogP contribution < -0.4 is 5.32 Å². The lowest BCUT2D eigenvalue weighted by Crippen LogP contribution is -2.43. The van der Waals surface area contributed by atoms with Crippen molar-refractivity contribution >= 4 is 27.5 Å². The fourth-order valence-corrected chi connectivity index (χ4v) is 4.45. The third kappa shape index (κ3) is 4.47. The van der Waals surface area contributed by atoms with Gasteiger partial charge in [0.2, 0.25) is 0 Å². The van der Waals surface area contributed by atoms with Crippen molar-refractivity contribution in [3.63, 3.8) is 0 Å². The predicted octanol–water partition coefficient (Wildman–Crippen LogP) is 5.80. The van der Waals surface area contributed by atoms with Crippen molar-refractivity contribution in [2.24, 2.45) is 10.8 Å². The molecule has 1 saturated carbocycles. The van der Waals surface area contributed by atoms with Gasteiger partial charge in [0.25, 0.3) is 0 Å². The van der Waals surface area contributed by atoms with Crippen LogP contribution in [0.1, 0.15) is 52.5 Å². The molecule has 1 aliphatic carbocycles. The Balaban J connectivity index is 1.98. The standard InChI is InChI=1S/C17H25BrClN/c1-16(2)8-13(9-17(3,4)11-16)20-10-12-5-6-15(19)14(18)7-12/h5-7,13,20H,8-11H2,1-4H3. The van der Waals surface area contributed by atoms with Crippen molar-refractivity contribution in [1.82, 2.24) is 5.32 Å². The van der Waals surface area contributed by atoms with E-state index in [0.717, 1.165) is 16.0 Å². The number of nitrogens with one attached hydrogen (secondary N) is 1. The van der Waals surface area contributed by atoms with E-state index in [2.05, 4.69) is 61.1 Å². The first-order valence-corrected chi connectivity index (χ1v) is 8.51. The molecule has 20 heavy (non-hydrogen) atoms. The first kappa shape index (κ1) is 16.3. The van der Waals surface area contributed by atoms with Gasteiger partial charge in [-0.1, -0.05) is 45.4 Å². The van der Waals surface area contributed by atoms with Crippen LogP contribution in [0, 0.1) is 10.8 Å². The van der Waals surface area contributed by atoms with Crippen LogP contribution in [0.15, 0.2) is 22.7 Å².